The highest BCUT2D eigenvalue weighted by Gasteiger charge is 2.47. The van der Waals surface area contributed by atoms with Crippen LogP contribution in [-0.2, 0) is 9.53 Å². The highest BCUT2D eigenvalue weighted by molar-refractivity contribution is 5.79. The van der Waals surface area contributed by atoms with E-state index in [0.29, 0.717) is 19.6 Å². The minimum Gasteiger partial charge on any atom is -0.480 e. The summed E-state index contributed by atoms with van der Waals surface area (Å²) in [5.74, 6) is -0.711. The van der Waals surface area contributed by atoms with E-state index in [2.05, 4.69) is 4.90 Å². The molecule has 14 heavy (non-hydrogen) atoms. The number of aliphatic carboxylic acids is 1. The van der Waals surface area contributed by atoms with Crippen molar-refractivity contribution >= 4 is 5.97 Å². The standard InChI is InChI=1S/C10H17NO3/c12-9(13)10(4-7-14-8-10)11-5-2-1-3-6-11/h1-8H2,(H,12,13). The average molecular weight is 199 g/mol. The van der Waals surface area contributed by atoms with Crippen LogP contribution >= 0.6 is 0 Å². The van der Waals surface area contributed by atoms with Crippen molar-refractivity contribution in [3.8, 4) is 0 Å². The third kappa shape index (κ3) is 1.53. The first-order valence-electron chi connectivity index (χ1n) is 5.32. The lowest BCUT2D eigenvalue weighted by Crippen LogP contribution is -2.56. The maximum atomic E-state index is 11.3. The first-order valence-corrected chi connectivity index (χ1v) is 5.32. The monoisotopic (exact) mass is 199 g/mol. The molecule has 2 aliphatic heterocycles. The number of ether oxygens (including phenoxy) is 1. The fourth-order valence-corrected chi connectivity index (χ4v) is 2.43. The predicted octanol–water partition coefficient (Wildman–Crippen LogP) is 0.716. The van der Waals surface area contributed by atoms with Gasteiger partial charge < -0.3 is 9.84 Å². The van der Waals surface area contributed by atoms with Crippen molar-refractivity contribution in [3.05, 3.63) is 0 Å². The lowest BCUT2D eigenvalue weighted by molar-refractivity contribution is -0.152. The molecule has 0 aromatic rings. The molecule has 0 aliphatic carbocycles. The molecular formula is C10H17NO3. The lowest BCUT2D eigenvalue weighted by atomic mass is 9.93. The number of carboxylic acid groups (broad SMARTS) is 1. The molecule has 1 unspecified atom stereocenters. The second-order valence-electron chi connectivity index (χ2n) is 4.19. The van der Waals surface area contributed by atoms with Crippen molar-refractivity contribution in [2.45, 2.75) is 31.2 Å². The van der Waals surface area contributed by atoms with Crippen LogP contribution in [-0.4, -0.2) is 47.8 Å². The number of hydrogen-bond acceptors (Lipinski definition) is 3. The first-order chi connectivity index (χ1) is 6.76. The van der Waals surface area contributed by atoms with Gasteiger partial charge in [0, 0.05) is 13.0 Å². The van der Waals surface area contributed by atoms with Crippen LogP contribution in [0.4, 0.5) is 0 Å². The Morgan fingerprint density at radius 2 is 2.00 bits per heavy atom. The number of piperidine rings is 1. The molecule has 1 N–H and O–H groups in total. The van der Waals surface area contributed by atoms with Gasteiger partial charge in [0.2, 0.25) is 0 Å². The van der Waals surface area contributed by atoms with Crippen LogP contribution in [0.3, 0.4) is 0 Å². The van der Waals surface area contributed by atoms with Gasteiger partial charge in [-0.1, -0.05) is 6.42 Å². The summed E-state index contributed by atoms with van der Waals surface area (Å²) >= 11 is 0. The Labute approximate surface area is 83.8 Å². The van der Waals surface area contributed by atoms with Crippen LogP contribution in [0, 0.1) is 0 Å². The number of likely N-dealkylation sites (tertiary alicyclic amines) is 1. The van der Waals surface area contributed by atoms with Crippen molar-refractivity contribution in [2.75, 3.05) is 26.3 Å². The molecule has 2 aliphatic rings. The first kappa shape index (κ1) is 9.93. The Morgan fingerprint density at radius 3 is 2.50 bits per heavy atom. The van der Waals surface area contributed by atoms with Crippen LogP contribution in [0.1, 0.15) is 25.7 Å². The summed E-state index contributed by atoms with van der Waals surface area (Å²) in [6.07, 6.45) is 4.11. The van der Waals surface area contributed by atoms with Gasteiger partial charge in [0.05, 0.1) is 6.61 Å². The summed E-state index contributed by atoms with van der Waals surface area (Å²) < 4.78 is 5.25. The summed E-state index contributed by atoms with van der Waals surface area (Å²) in [6.45, 7) is 2.77. The average Bonchev–Trinajstić information content (AvgIpc) is 2.69. The Morgan fingerprint density at radius 1 is 1.29 bits per heavy atom. The number of nitrogens with zero attached hydrogens (tertiary/aromatic N) is 1. The molecule has 1 atom stereocenters. The predicted molar refractivity (Wildman–Crippen MR) is 51.2 cm³/mol. The van der Waals surface area contributed by atoms with Gasteiger partial charge in [-0.15, -0.1) is 0 Å². The van der Waals surface area contributed by atoms with Crippen LogP contribution < -0.4 is 0 Å². The molecule has 2 saturated heterocycles. The summed E-state index contributed by atoms with van der Waals surface area (Å²) in [5.41, 5.74) is -0.708. The van der Waals surface area contributed by atoms with E-state index in [0.717, 1.165) is 25.9 Å². The minimum atomic E-state index is -0.711. The Bertz CT molecular complexity index is 217. The van der Waals surface area contributed by atoms with Gasteiger partial charge >= 0.3 is 5.97 Å². The van der Waals surface area contributed by atoms with Crippen molar-refractivity contribution < 1.29 is 14.6 Å². The maximum Gasteiger partial charge on any atom is 0.326 e. The molecule has 0 aromatic heterocycles. The molecule has 0 aromatic carbocycles. The molecule has 2 heterocycles. The molecule has 2 fully saturated rings. The van der Waals surface area contributed by atoms with E-state index < -0.39 is 11.5 Å². The fraction of sp³-hybridized carbons (Fsp3) is 0.900. The van der Waals surface area contributed by atoms with Gasteiger partial charge in [0.15, 0.2) is 0 Å². The number of hydrogen-bond donors (Lipinski definition) is 1. The summed E-state index contributed by atoms with van der Waals surface area (Å²) in [4.78, 5) is 13.4. The largest absolute Gasteiger partial charge is 0.480 e. The fourth-order valence-electron chi connectivity index (χ4n) is 2.43. The Kier molecular flexibility index (Phi) is 2.74. The van der Waals surface area contributed by atoms with Crippen molar-refractivity contribution in [1.82, 2.24) is 4.90 Å². The van der Waals surface area contributed by atoms with Gasteiger partial charge in [-0.25, -0.2) is 0 Å². The quantitative estimate of drug-likeness (QED) is 0.711. The second-order valence-corrected chi connectivity index (χ2v) is 4.19. The van der Waals surface area contributed by atoms with E-state index in [-0.39, 0.29) is 0 Å². The molecule has 2 rings (SSSR count). The van der Waals surface area contributed by atoms with Crippen LogP contribution in [0.25, 0.3) is 0 Å². The molecule has 0 amide bonds. The molecular weight excluding hydrogens is 182 g/mol. The zero-order valence-electron chi connectivity index (χ0n) is 8.37. The van der Waals surface area contributed by atoms with E-state index in [4.69, 9.17) is 4.74 Å². The third-order valence-corrected chi connectivity index (χ3v) is 3.36. The van der Waals surface area contributed by atoms with Gasteiger partial charge in [-0.3, -0.25) is 9.69 Å². The SMILES string of the molecule is O=C(O)C1(N2CCCCC2)CCOC1. The second kappa shape index (κ2) is 3.87. The zero-order valence-corrected chi connectivity index (χ0v) is 8.37. The Hall–Kier alpha value is -0.610. The van der Waals surface area contributed by atoms with Gasteiger partial charge in [0.1, 0.15) is 5.54 Å². The van der Waals surface area contributed by atoms with E-state index in [1.807, 2.05) is 0 Å². The lowest BCUT2D eigenvalue weighted by Gasteiger charge is -2.38. The van der Waals surface area contributed by atoms with Crippen LogP contribution in [0.5, 0.6) is 0 Å². The molecule has 0 spiro atoms. The number of carboxylic acids is 1. The zero-order chi connectivity index (χ0) is 10.0. The molecule has 0 radical (unpaired) electrons. The van der Waals surface area contributed by atoms with E-state index >= 15 is 0 Å². The van der Waals surface area contributed by atoms with Crippen LogP contribution in [0.2, 0.25) is 0 Å². The van der Waals surface area contributed by atoms with E-state index in [1.165, 1.54) is 6.42 Å². The van der Waals surface area contributed by atoms with Gasteiger partial charge in [-0.05, 0) is 25.9 Å². The highest BCUT2D eigenvalue weighted by atomic mass is 16.5. The number of rotatable bonds is 2. The number of carbonyl (C=O) groups is 1. The smallest absolute Gasteiger partial charge is 0.326 e. The third-order valence-electron chi connectivity index (χ3n) is 3.36. The normalized spacial score (nSPS) is 34.6. The molecule has 4 heteroatoms. The summed E-state index contributed by atoms with van der Waals surface area (Å²) in [6, 6.07) is 0. The van der Waals surface area contributed by atoms with Crippen LogP contribution in [0.15, 0.2) is 0 Å². The molecule has 0 saturated carbocycles. The van der Waals surface area contributed by atoms with E-state index in [9.17, 15) is 9.90 Å². The summed E-state index contributed by atoms with van der Waals surface area (Å²) in [7, 11) is 0. The highest BCUT2D eigenvalue weighted by Crippen LogP contribution is 2.29. The van der Waals surface area contributed by atoms with Crippen molar-refractivity contribution in [2.24, 2.45) is 0 Å². The van der Waals surface area contributed by atoms with Crippen molar-refractivity contribution in [3.63, 3.8) is 0 Å². The topological polar surface area (TPSA) is 49.8 Å². The van der Waals surface area contributed by atoms with Crippen molar-refractivity contribution in [1.29, 1.82) is 0 Å². The van der Waals surface area contributed by atoms with Gasteiger partial charge in [-0.2, -0.15) is 0 Å². The van der Waals surface area contributed by atoms with Gasteiger partial charge in [0.25, 0.3) is 0 Å². The summed E-state index contributed by atoms with van der Waals surface area (Å²) in [5, 5.41) is 9.29. The molecule has 80 valence electrons. The minimum absolute atomic E-state index is 0.363. The maximum absolute atomic E-state index is 11.3. The molecule has 0 bridgehead atoms. The van der Waals surface area contributed by atoms with E-state index in [1.54, 1.807) is 0 Å². The molecule has 4 nitrogen and oxygen atoms in total. The Balaban J connectivity index is 2.12.